The zero-order valence-corrected chi connectivity index (χ0v) is 24.0. The predicted octanol–water partition coefficient (Wildman–Crippen LogP) is 6.30. The van der Waals surface area contributed by atoms with Crippen molar-refractivity contribution in [3.63, 3.8) is 0 Å². The molecule has 0 saturated carbocycles. The average molecular weight is 610 g/mol. The monoisotopic (exact) mass is 609 g/mol. The van der Waals surface area contributed by atoms with Crippen LogP contribution in [0.3, 0.4) is 0 Å². The first-order valence-corrected chi connectivity index (χ1v) is 14.5. The van der Waals surface area contributed by atoms with Crippen molar-refractivity contribution in [3.8, 4) is 5.75 Å². The lowest BCUT2D eigenvalue weighted by molar-refractivity contribution is 0.101. The van der Waals surface area contributed by atoms with Crippen molar-refractivity contribution < 1.29 is 27.2 Å². The lowest BCUT2D eigenvalue weighted by Crippen LogP contribution is -2.19. The number of ether oxygens (including phenoxy) is 1. The number of rotatable bonds is 8. The van der Waals surface area contributed by atoms with Crippen LogP contribution in [0.15, 0.2) is 82.5 Å². The summed E-state index contributed by atoms with van der Waals surface area (Å²) in [6.07, 6.45) is 1.05. The molecule has 208 valence electrons. The van der Waals surface area contributed by atoms with Gasteiger partial charge in [0, 0.05) is 10.9 Å². The van der Waals surface area contributed by atoms with E-state index in [-0.39, 0.29) is 38.5 Å². The molecule has 2 aromatic heterocycles. The van der Waals surface area contributed by atoms with E-state index in [2.05, 4.69) is 15.3 Å². The number of nitrogens with one attached hydrogen (secondary N) is 1. The molecule has 5 rings (SSSR count). The number of aromatic nitrogens is 2. The van der Waals surface area contributed by atoms with Crippen LogP contribution in [0.5, 0.6) is 5.75 Å². The third kappa shape index (κ3) is 5.81. The second-order valence-electron chi connectivity index (χ2n) is 9.03. The van der Waals surface area contributed by atoms with Crippen LogP contribution in [0.4, 0.5) is 5.69 Å². The number of furan rings is 1. The molecule has 9 nitrogen and oxygen atoms in total. The number of halogens is 2. The van der Waals surface area contributed by atoms with Crippen LogP contribution < -0.4 is 10.1 Å². The van der Waals surface area contributed by atoms with Crippen molar-refractivity contribution in [2.75, 3.05) is 12.4 Å². The Morgan fingerprint density at radius 3 is 2.51 bits per heavy atom. The zero-order chi connectivity index (χ0) is 29.3. The molecule has 0 saturated heterocycles. The number of hydrogen-bond acceptors (Lipinski definition) is 8. The van der Waals surface area contributed by atoms with E-state index in [1.165, 1.54) is 25.3 Å². The fourth-order valence-corrected chi connectivity index (χ4v) is 5.81. The van der Waals surface area contributed by atoms with Crippen LogP contribution in [0.25, 0.3) is 11.0 Å². The van der Waals surface area contributed by atoms with E-state index in [9.17, 15) is 18.0 Å². The summed E-state index contributed by atoms with van der Waals surface area (Å²) >= 11 is 12.4. The standard InChI is InChI=1S/C29H21Cl2N3O6S/c1-16-6-5-7-17(12-16)15-41(37,38)29-32-14-21(31)25(34-29)28(36)33-24-19-8-3-4-9-22(19)40-27(24)26(35)18-10-11-23(39-2)20(30)13-18/h3-14H,15H2,1-2H3,(H,33,36). The maximum atomic E-state index is 13.5. The number of methoxy groups -OCH3 is 1. The fourth-order valence-electron chi connectivity index (χ4n) is 4.19. The summed E-state index contributed by atoms with van der Waals surface area (Å²) in [4.78, 5) is 34.8. The number of sulfone groups is 1. The van der Waals surface area contributed by atoms with E-state index >= 15 is 0 Å². The Labute approximate surface area is 245 Å². The maximum absolute atomic E-state index is 13.5. The first-order valence-electron chi connectivity index (χ1n) is 12.1. The SMILES string of the molecule is COc1ccc(C(=O)c2oc3ccccc3c2NC(=O)c2nc(S(=O)(=O)Cc3cccc(C)c3)ncc2Cl)cc1Cl. The topological polar surface area (TPSA) is 128 Å². The molecule has 1 N–H and O–H groups in total. The molecule has 0 unspecified atom stereocenters. The molecule has 12 heteroatoms. The fraction of sp³-hybridized carbons (Fsp3) is 0.103. The number of amides is 1. The molecule has 0 aliphatic carbocycles. The number of carbonyl (C=O) groups excluding carboxylic acids is 2. The van der Waals surface area contributed by atoms with Crippen LogP contribution >= 0.6 is 23.2 Å². The Bertz CT molecular complexity index is 1940. The Balaban J connectivity index is 1.51. The molecular formula is C29H21Cl2N3O6S. The van der Waals surface area contributed by atoms with E-state index in [0.717, 1.165) is 11.8 Å². The van der Waals surface area contributed by atoms with Gasteiger partial charge in [-0.05, 0) is 42.8 Å². The smallest absolute Gasteiger partial charge is 0.276 e. The summed E-state index contributed by atoms with van der Waals surface area (Å²) in [6.45, 7) is 1.85. The molecule has 0 spiro atoms. The zero-order valence-electron chi connectivity index (χ0n) is 21.6. The summed E-state index contributed by atoms with van der Waals surface area (Å²) in [5.74, 6) is -1.58. The summed E-state index contributed by atoms with van der Waals surface area (Å²) < 4.78 is 37.2. The minimum atomic E-state index is -4.02. The number of aryl methyl sites for hydroxylation is 1. The first kappa shape index (κ1) is 28.3. The minimum absolute atomic E-state index is 0.0568. The van der Waals surface area contributed by atoms with Gasteiger partial charge in [0.2, 0.25) is 20.8 Å². The van der Waals surface area contributed by atoms with Crippen LogP contribution in [-0.2, 0) is 15.6 Å². The van der Waals surface area contributed by atoms with Gasteiger partial charge in [-0.2, -0.15) is 0 Å². The van der Waals surface area contributed by atoms with Crippen LogP contribution in [0.1, 0.15) is 37.7 Å². The van der Waals surface area contributed by atoms with Crippen molar-refractivity contribution in [2.45, 2.75) is 17.8 Å². The van der Waals surface area contributed by atoms with Crippen molar-refractivity contribution in [1.82, 2.24) is 9.97 Å². The highest BCUT2D eigenvalue weighted by Crippen LogP contribution is 2.34. The Kier molecular flexibility index (Phi) is 7.81. The maximum Gasteiger partial charge on any atom is 0.276 e. The van der Waals surface area contributed by atoms with Gasteiger partial charge >= 0.3 is 0 Å². The van der Waals surface area contributed by atoms with Crippen LogP contribution in [-0.4, -0.2) is 37.2 Å². The summed E-state index contributed by atoms with van der Waals surface area (Å²) in [5.41, 5.74) is 1.63. The molecule has 1 amide bonds. The average Bonchev–Trinajstić information content (AvgIpc) is 3.30. The molecule has 3 aromatic carbocycles. The van der Waals surface area contributed by atoms with Gasteiger partial charge in [-0.15, -0.1) is 0 Å². The van der Waals surface area contributed by atoms with E-state index in [1.54, 1.807) is 42.5 Å². The largest absolute Gasteiger partial charge is 0.495 e. The second-order valence-corrected chi connectivity index (χ2v) is 11.7. The van der Waals surface area contributed by atoms with Gasteiger partial charge in [0.05, 0.1) is 34.8 Å². The molecule has 5 aromatic rings. The van der Waals surface area contributed by atoms with Gasteiger partial charge in [0.15, 0.2) is 11.5 Å². The molecular weight excluding hydrogens is 589 g/mol. The van der Waals surface area contributed by atoms with Gasteiger partial charge in [-0.3, -0.25) is 9.59 Å². The van der Waals surface area contributed by atoms with Crippen molar-refractivity contribution in [2.24, 2.45) is 0 Å². The molecule has 41 heavy (non-hydrogen) atoms. The highest BCUT2D eigenvalue weighted by molar-refractivity contribution is 7.90. The van der Waals surface area contributed by atoms with E-state index in [1.807, 2.05) is 13.0 Å². The van der Waals surface area contributed by atoms with Gasteiger partial charge in [-0.25, -0.2) is 18.4 Å². The lowest BCUT2D eigenvalue weighted by Gasteiger charge is -2.09. The highest BCUT2D eigenvalue weighted by Gasteiger charge is 2.27. The van der Waals surface area contributed by atoms with Crippen LogP contribution in [0.2, 0.25) is 10.0 Å². The highest BCUT2D eigenvalue weighted by atomic mass is 35.5. The number of benzene rings is 3. The summed E-state index contributed by atoms with van der Waals surface area (Å²) in [7, 11) is -2.57. The summed E-state index contributed by atoms with van der Waals surface area (Å²) in [6, 6.07) is 18.2. The van der Waals surface area contributed by atoms with Crippen molar-refractivity contribution in [1.29, 1.82) is 0 Å². The molecule has 0 aliphatic rings. The Morgan fingerprint density at radius 2 is 1.78 bits per heavy atom. The normalized spacial score (nSPS) is 11.4. The molecule has 2 heterocycles. The number of anilines is 1. The van der Waals surface area contributed by atoms with Gasteiger partial charge in [0.25, 0.3) is 5.91 Å². The first-order chi connectivity index (χ1) is 19.6. The predicted molar refractivity (Wildman–Crippen MR) is 155 cm³/mol. The Morgan fingerprint density at radius 1 is 1.00 bits per heavy atom. The molecule has 0 fully saturated rings. The van der Waals surface area contributed by atoms with Gasteiger partial charge < -0.3 is 14.5 Å². The number of hydrogen-bond donors (Lipinski definition) is 1. The number of fused-ring (bicyclic) bond motifs is 1. The second kappa shape index (κ2) is 11.3. The lowest BCUT2D eigenvalue weighted by atomic mass is 10.1. The molecule has 0 aliphatic heterocycles. The van der Waals surface area contributed by atoms with Crippen LogP contribution in [0, 0.1) is 6.92 Å². The molecule has 0 atom stereocenters. The Hall–Kier alpha value is -4.25. The van der Waals surface area contributed by atoms with E-state index < -0.39 is 26.7 Å². The third-order valence-corrected chi connectivity index (χ3v) is 8.15. The molecule has 0 bridgehead atoms. The van der Waals surface area contributed by atoms with Crippen molar-refractivity contribution >= 4 is 61.4 Å². The van der Waals surface area contributed by atoms with Gasteiger partial charge in [0.1, 0.15) is 11.3 Å². The van der Waals surface area contributed by atoms with Crippen molar-refractivity contribution in [3.05, 3.63) is 111 Å². The minimum Gasteiger partial charge on any atom is -0.495 e. The number of nitrogens with zero attached hydrogens (tertiary/aromatic N) is 2. The summed E-state index contributed by atoms with van der Waals surface area (Å²) in [5, 5.41) is 2.54. The van der Waals surface area contributed by atoms with Gasteiger partial charge in [-0.1, -0.05) is 65.2 Å². The van der Waals surface area contributed by atoms with E-state index in [4.69, 9.17) is 32.4 Å². The van der Waals surface area contributed by atoms with E-state index in [0.29, 0.717) is 22.3 Å². The molecule has 0 radical (unpaired) electrons. The number of para-hydroxylation sites is 1. The third-order valence-electron chi connectivity index (χ3n) is 6.11. The number of ketones is 1. The quantitative estimate of drug-likeness (QED) is 0.160. The number of carbonyl (C=O) groups is 2.